The molecule has 2 aliphatic heterocycles. The van der Waals surface area contributed by atoms with Gasteiger partial charge < -0.3 is 8.92 Å². The predicted molar refractivity (Wildman–Crippen MR) is 97.4 cm³/mol. The largest absolute Gasteiger partial charge is 0.448 e. The van der Waals surface area contributed by atoms with E-state index in [0.717, 1.165) is 57.0 Å². The van der Waals surface area contributed by atoms with Gasteiger partial charge in [-0.3, -0.25) is 4.90 Å². The van der Waals surface area contributed by atoms with E-state index < -0.39 is 22.2 Å². The third-order valence-electron chi connectivity index (χ3n) is 4.96. The molecule has 0 aromatic heterocycles. The third-order valence-corrected chi connectivity index (χ3v) is 6.08. The van der Waals surface area contributed by atoms with Crippen LogP contribution in [0.2, 0.25) is 5.02 Å². The first kappa shape index (κ1) is 20.2. The van der Waals surface area contributed by atoms with Crippen LogP contribution in [0.25, 0.3) is 0 Å². The Kier molecular flexibility index (Phi) is 6.44. The van der Waals surface area contributed by atoms with Crippen molar-refractivity contribution in [3.8, 4) is 5.75 Å². The van der Waals surface area contributed by atoms with Crippen molar-refractivity contribution in [1.29, 1.82) is 0 Å². The van der Waals surface area contributed by atoms with Gasteiger partial charge in [-0.05, 0) is 50.9 Å². The molecule has 2 atom stereocenters. The maximum atomic E-state index is 13.1. The van der Waals surface area contributed by atoms with Gasteiger partial charge in [0.15, 0.2) is 0 Å². The van der Waals surface area contributed by atoms with E-state index in [1.165, 1.54) is 6.42 Å². The molecule has 10 heteroatoms. The van der Waals surface area contributed by atoms with Gasteiger partial charge in [-0.15, -0.1) is 0 Å². The second kappa shape index (κ2) is 8.62. The van der Waals surface area contributed by atoms with E-state index in [1.54, 1.807) is 4.72 Å². The fourth-order valence-electron chi connectivity index (χ4n) is 3.76. The molecule has 2 heterocycles. The van der Waals surface area contributed by atoms with Gasteiger partial charge in [0.1, 0.15) is 11.6 Å². The zero-order chi connectivity index (χ0) is 19.4. The van der Waals surface area contributed by atoms with Crippen LogP contribution in [-0.4, -0.2) is 45.1 Å². The molecule has 2 fully saturated rings. The van der Waals surface area contributed by atoms with Crippen LogP contribution in [0, 0.1) is 11.7 Å². The highest BCUT2D eigenvalue weighted by Crippen LogP contribution is 2.31. The molecule has 27 heavy (non-hydrogen) atoms. The average molecular weight is 421 g/mol. The first-order valence-electron chi connectivity index (χ1n) is 8.92. The van der Waals surface area contributed by atoms with Crippen molar-refractivity contribution >= 4 is 28.0 Å². The molecular weight excluding hydrogens is 399 g/mol. The molecule has 1 N–H and O–H groups in total. The number of carbonyl (C=O) groups excluding carboxylic acids is 1. The third kappa shape index (κ3) is 5.46. The van der Waals surface area contributed by atoms with Crippen molar-refractivity contribution in [3.05, 3.63) is 29.0 Å². The van der Waals surface area contributed by atoms with Gasteiger partial charge in [0.25, 0.3) is 0 Å². The minimum absolute atomic E-state index is 0.158. The van der Waals surface area contributed by atoms with Crippen LogP contribution in [0.5, 0.6) is 5.75 Å². The summed E-state index contributed by atoms with van der Waals surface area (Å²) in [6.45, 7) is 2.29. The van der Waals surface area contributed by atoms with Gasteiger partial charge in [0.2, 0.25) is 0 Å². The topological polar surface area (TPSA) is 84.9 Å². The number of piperidine rings is 2. The molecule has 0 radical (unpaired) electrons. The first-order valence-corrected chi connectivity index (χ1v) is 10.7. The second-order valence-corrected chi connectivity index (χ2v) is 8.50. The van der Waals surface area contributed by atoms with Crippen molar-refractivity contribution in [2.24, 2.45) is 5.92 Å². The summed E-state index contributed by atoms with van der Waals surface area (Å²) in [5.74, 6) is -0.728. The fraction of sp³-hybridized carbons (Fsp3) is 0.588. The molecule has 0 bridgehead atoms. The van der Waals surface area contributed by atoms with E-state index in [-0.39, 0.29) is 23.3 Å². The molecule has 150 valence electrons. The van der Waals surface area contributed by atoms with Gasteiger partial charge in [0, 0.05) is 18.0 Å². The first-order chi connectivity index (χ1) is 12.8. The summed E-state index contributed by atoms with van der Waals surface area (Å²) < 4.78 is 48.4. The maximum Gasteiger partial charge on any atom is 0.423 e. The molecule has 2 saturated heterocycles. The molecule has 2 aliphatic rings. The predicted octanol–water partition coefficient (Wildman–Crippen LogP) is 3.09. The van der Waals surface area contributed by atoms with Crippen molar-refractivity contribution in [2.45, 2.75) is 38.1 Å². The molecule has 0 saturated carbocycles. The van der Waals surface area contributed by atoms with Crippen LogP contribution < -0.4 is 8.91 Å². The SMILES string of the molecule is O=C(NS(=O)(=O)Oc1ccc(F)c(Cl)c1)OC[C@@H]1CCCN2CCCC[C@@H]12. The number of benzene rings is 1. The number of hydrogen-bond donors (Lipinski definition) is 1. The molecule has 1 aromatic rings. The number of fused-ring (bicyclic) bond motifs is 1. The zero-order valence-electron chi connectivity index (χ0n) is 14.7. The number of amides is 1. The van der Waals surface area contributed by atoms with E-state index in [1.807, 2.05) is 0 Å². The van der Waals surface area contributed by atoms with E-state index in [0.29, 0.717) is 6.04 Å². The summed E-state index contributed by atoms with van der Waals surface area (Å²) >= 11 is 5.57. The quantitative estimate of drug-likeness (QED) is 0.787. The Labute approximate surface area is 163 Å². The fourth-order valence-corrected chi connectivity index (χ4v) is 4.59. The summed E-state index contributed by atoms with van der Waals surface area (Å²) in [7, 11) is -4.46. The van der Waals surface area contributed by atoms with Crippen LogP contribution >= 0.6 is 11.6 Å². The molecule has 1 aromatic carbocycles. The lowest BCUT2D eigenvalue weighted by molar-refractivity contribution is 0.0244. The highest BCUT2D eigenvalue weighted by atomic mass is 35.5. The average Bonchev–Trinajstić information content (AvgIpc) is 2.62. The van der Waals surface area contributed by atoms with Crippen molar-refractivity contribution < 1.29 is 26.5 Å². The number of rotatable bonds is 5. The highest BCUT2D eigenvalue weighted by Gasteiger charge is 2.33. The Balaban J connectivity index is 1.51. The number of halogens is 2. The number of nitrogens with one attached hydrogen (secondary N) is 1. The monoisotopic (exact) mass is 420 g/mol. The Morgan fingerprint density at radius 2 is 2.04 bits per heavy atom. The van der Waals surface area contributed by atoms with Gasteiger partial charge in [0.05, 0.1) is 11.6 Å². The Morgan fingerprint density at radius 3 is 2.81 bits per heavy atom. The van der Waals surface area contributed by atoms with E-state index >= 15 is 0 Å². The summed E-state index contributed by atoms with van der Waals surface area (Å²) in [5, 5.41) is -0.292. The van der Waals surface area contributed by atoms with Crippen molar-refractivity contribution in [3.63, 3.8) is 0 Å². The molecule has 0 aliphatic carbocycles. The minimum atomic E-state index is -4.46. The van der Waals surface area contributed by atoms with Crippen LogP contribution in [0.4, 0.5) is 9.18 Å². The molecule has 1 amide bonds. The summed E-state index contributed by atoms with van der Waals surface area (Å²) in [6.07, 6.45) is 4.31. The van der Waals surface area contributed by atoms with Gasteiger partial charge in [-0.1, -0.05) is 18.0 Å². The van der Waals surface area contributed by atoms with Crippen molar-refractivity contribution in [1.82, 2.24) is 9.62 Å². The standard InChI is InChI=1S/C17H22ClFN2O5S/c18-14-10-13(6-7-15(14)19)26-27(23,24)20-17(22)25-11-12-4-3-9-21-8-2-1-5-16(12)21/h6-7,10,12,16H,1-5,8-9,11H2,(H,20,22)/t12-,16-/m0/s1. The maximum absolute atomic E-state index is 13.1. The lowest BCUT2D eigenvalue weighted by Gasteiger charge is -2.44. The molecule has 0 spiro atoms. The normalized spacial score (nSPS) is 23.3. The number of carbonyl (C=O) groups is 1. The Hall–Kier alpha value is -1.58. The summed E-state index contributed by atoms with van der Waals surface area (Å²) in [5.41, 5.74) is 0. The van der Waals surface area contributed by atoms with Crippen LogP contribution in [0.15, 0.2) is 18.2 Å². The summed E-state index contributed by atoms with van der Waals surface area (Å²) in [6, 6.07) is 3.44. The second-order valence-electron chi connectivity index (χ2n) is 6.82. The van der Waals surface area contributed by atoms with Crippen molar-refractivity contribution in [2.75, 3.05) is 19.7 Å². The highest BCUT2D eigenvalue weighted by molar-refractivity contribution is 7.85. The Bertz CT molecular complexity index is 790. The Morgan fingerprint density at radius 1 is 1.26 bits per heavy atom. The van der Waals surface area contributed by atoms with E-state index in [9.17, 15) is 17.6 Å². The van der Waals surface area contributed by atoms with E-state index in [4.69, 9.17) is 16.3 Å². The molecule has 3 rings (SSSR count). The van der Waals surface area contributed by atoms with Crippen LogP contribution in [0.3, 0.4) is 0 Å². The smallest absolute Gasteiger partial charge is 0.423 e. The zero-order valence-corrected chi connectivity index (χ0v) is 16.3. The summed E-state index contributed by atoms with van der Waals surface area (Å²) in [4.78, 5) is 14.3. The van der Waals surface area contributed by atoms with E-state index in [2.05, 4.69) is 9.08 Å². The number of hydrogen-bond acceptors (Lipinski definition) is 6. The van der Waals surface area contributed by atoms with Gasteiger partial charge >= 0.3 is 16.4 Å². The minimum Gasteiger partial charge on any atom is -0.448 e. The van der Waals surface area contributed by atoms with Crippen LogP contribution in [-0.2, 0) is 15.0 Å². The van der Waals surface area contributed by atoms with Gasteiger partial charge in [-0.25, -0.2) is 9.18 Å². The van der Waals surface area contributed by atoms with Crippen LogP contribution in [0.1, 0.15) is 32.1 Å². The molecule has 0 unspecified atom stereocenters. The lowest BCUT2D eigenvalue weighted by atomic mass is 9.84. The number of ether oxygens (including phenoxy) is 1. The molecular formula is C17H22ClFN2O5S. The van der Waals surface area contributed by atoms with Gasteiger partial charge in [-0.2, -0.15) is 13.1 Å². The number of nitrogens with zero attached hydrogens (tertiary/aromatic N) is 1. The molecule has 7 nitrogen and oxygen atoms in total. The lowest BCUT2D eigenvalue weighted by Crippen LogP contribution is -2.49.